The molecule has 17 heteroatoms. The molecule has 0 unspecified atom stereocenters. The van der Waals surface area contributed by atoms with Crippen LogP contribution in [0.5, 0.6) is 0 Å². The van der Waals surface area contributed by atoms with Gasteiger partial charge in [-0.05, 0) is 10.4 Å². The van der Waals surface area contributed by atoms with Crippen molar-refractivity contribution in [3.05, 3.63) is 11.5 Å². The number of halogens is 3. The van der Waals surface area contributed by atoms with Gasteiger partial charge in [0.15, 0.2) is 5.70 Å². The average molecular weight is 463 g/mol. The van der Waals surface area contributed by atoms with Crippen LogP contribution in [0.1, 0.15) is 0 Å². The van der Waals surface area contributed by atoms with Crippen molar-refractivity contribution in [3.8, 4) is 0 Å². The first-order chi connectivity index (χ1) is 14.5. The zero-order chi connectivity index (χ0) is 22.7. The third-order valence-electron chi connectivity index (χ3n) is 4.85. The van der Waals surface area contributed by atoms with Crippen LogP contribution >= 0.6 is 11.8 Å². The number of carboxylic acids is 1. The lowest BCUT2D eigenvalue weighted by atomic mass is 9.91. The highest BCUT2D eigenvalue weighted by molar-refractivity contribution is 7.99. The highest BCUT2D eigenvalue weighted by Crippen LogP contribution is 2.45. The molecule has 0 bridgehead atoms. The van der Waals surface area contributed by atoms with E-state index in [0.717, 1.165) is 21.3 Å². The molecule has 2 saturated heterocycles. The maximum atomic E-state index is 12.9. The molecule has 0 saturated carbocycles. The van der Waals surface area contributed by atoms with Crippen molar-refractivity contribution in [2.75, 3.05) is 12.3 Å². The van der Waals surface area contributed by atoms with E-state index in [1.54, 1.807) is 0 Å². The fourth-order valence-corrected chi connectivity index (χ4v) is 4.52. The Hall–Kier alpha value is -3.37. The second-order valence-corrected chi connectivity index (χ2v) is 7.65. The number of β-lactam (4-membered cyclic amide) rings is 1. The number of carboxylic acid groups (broad SMARTS) is 1. The summed E-state index contributed by atoms with van der Waals surface area (Å²) >= 11 is 0.864. The van der Waals surface area contributed by atoms with Gasteiger partial charge in [0.1, 0.15) is 30.5 Å². The summed E-state index contributed by atoms with van der Waals surface area (Å²) in [5.74, 6) is -5.81. The summed E-state index contributed by atoms with van der Waals surface area (Å²) in [6, 6.07) is -2.47. The molecule has 4 rings (SSSR count). The number of rotatable bonds is 6. The van der Waals surface area contributed by atoms with Gasteiger partial charge >= 0.3 is 18.1 Å². The van der Waals surface area contributed by atoms with E-state index in [2.05, 4.69) is 15.5 Å². The minimum Gasteiger partial charge on any atom is -0.487 e. The molecule has 3 aliphatic rings. The van der Waals surface area contributed by atoms with E-state index < -0.39 is 60.3 Å². The molecule has 1 aromatic rings. The number of carbonyl (C=O) groups is 4. The molecule has 2 fully saturated rings. The zero-order valence-electron chi connectivity index (χ0n) is 15.1. The molecule has 3 N–H and O–H groups in total. The maximum absolute atomic E-state index is 12.9. The van der Waals surface area contributed by atoms with Gasteiger partial charge in [-0.3, -0.25) is 19.3 Å². The third-order valence-corrected chi connectivity index (χ3v) is 5.80. The van der Waals surface area contributed by atoms with Crippen molar-refractivity contribution in [1.29, 1.82) is 0 Å². The fourth-order valence-electron chi connectivity index (χ4n) is 3.71. The zero-order valence-corrected chi connectivity index (χ0v) is 16.0. The van der Waals surface area contributed by atoms with Crippen LogP contribution < -0.4 is 5.73 Å². The Labute approximate surface area is 173 Å². The molecule has 166 valence electrons. The van der Waals surface area contributed by atoms with Crippen LogP contribution in [0.25, 0.3) is 0 Å². The molecule has 31 heavy (non-hydrogen) atoms. The van der Waals surface area contributed by atoms with E-state index in [-0.39, 0.29) is 23.2 Å². The lowest BCUT2D eigenvalue weighted by Gasteiger charge is -2.49. The molecule has 3 atom stereocenters. The van der Waals surface area contributed by atoms with Crippen LogP contribution in [0.2, 0.25) is 0 Å². The number of primary amides is 1. The van der Waals surface area contributed by atoms with Gasteiger partial charge in [0.2, 0.25) is 11.1 Å². The Balaban J connectivity index is 1.58. The first kappa shape index (κ1) is 20.9. The van der Waals surface area contributed by atoms with Gasteiger partial charge in [-0.15, -0.1) is 5.10 Å². The van der Waals surface area contributed by atoms with Crippen molar-refractivity contribution in [2.45, 2.75) is 36.1 Å². The first-order valence-corrected chi connectivity index (χ1v) is 9.50. The highest BCUT2D eigenvalue weighted by atomic mass is 32.2. The number of tetrazole rings is 1. The highest BCUT2D eigenvalue weighted by Gasteiger charge is 2.67. The molecule has 4 heterocycles. The summed E-state index contributed by atoms with van der Waals surface area (Å²) in [6.07, 6.45) is -6.22. The Morgan fingerprint density at radius 2 is 2.03 bits per heavy atom. The molecule has 1 aromatic heterocycles. The summed E-state index contributed by atoms with van der Waals surface area (Å²) in [6.45, 7) is -0.872. The Bertz CT molecular complexity index is 1030. The van der Waals surface area contributed by atoms with Crippen molar-refractivity contribution in [1.82, 2.24) is 30.0 Å². The molecule has 13 nitrogen and oxygen atoms in total. The van der Waals surface area contributed by atoms with Crippen LogP contribution in [-0.2, 0) is 30.5 Å². The lowest BCUT2D eigenvalue weighted by Crippen LogP contribution is -2.71. The number of ether oxygens (including phenoxy) is 1. The van der Waals surface area contributed by atoms with Crippen LogP contribution in [0.4, 0.5) is 13.2 Å². The number of nitrogens with two attached hydrogens (primary N) is 1. The number of hydrogen-bond acceptors (Lipinski definition) is 9. The number of carbonyl (C=O) groups excluding carboxylic acids is 3. The number of likely N-dealkylation sites (tertiary alicyclic amines) is 1. The summed E-state index contributed by atoms with van der Waals surface area (Å²) in [5.41, 5.74) is 4.55. The summed E-state index contributed by atoms with van der Waals surface area (Å²) in [5, 5.41) is 20.3. The van der Waals surface area contributed by atoms with Gasteiger partial charge in [0.05, 0.1) is 12.3 Å². The van der Waals surface area contributed by atoms with Crippen LogP contribution in [0, 0.1) is 0 Å². The van der Waals surface area contributed by atoms with Crippen molar-refractivity contribution >= 4 is 35.5 Å². The number of amides is 3. The number of nitrogens with zero attached hydrogens (tertiary/aromatic N) is 6. The molecule has 0 aromatic carbocycles. The van der Waals surface area contributed by atoms with Crippen LogP contribution in [0.3, 0.4) is 0 Å². The number of aliphatic carboxylic acids is 1. The molecular weight excluding hydrogens is 451 g/mol. The number of thioether (sulfide) groups is 1. The summed E-state index contributed by atoms with van der Waals surface area (Å²) in [4.78, 5) is 48.2. The second-order valence-electron chi connectivity index (χ2n) is 6.71. The maximum Gasteiger partial charge on any atom is 0.471 e. The van der Waals surface area contributed by atoms with Crippen molar-refractivity contribution in [3.63, 3.8) is 0 Å². The number of hydrogen-bond donors (Lipinski definition) is 2. The van der Waals surface area contributed by atoms with Gasteiger partial charge in [0, 0.05) is 0 Å². The Morgan fingerprint density at radius 3 is 2.65 bits per heavy atom. The quantitative estimate of drug-likeness (QED) is 0.352. The molecule has 3 amide bonds. The summed E-state index contributed by atoms with van der Waals surface area (Å²) in [7, 11) is 0. The van der Waals surface area contributed by atoms with Crippen LogP contribution in [-0.4, -0.2) is 95.5 Å². The molecule has 0 aliphatic carbocycles. The molecule has 0 spiro atoms. The van der Waals surface area contributed by atoms with E-state index in [1.807, 2.05) is 0 Å². The Morgan fingerprint density at radius 1 is 1.32 bits per heavy atom. The monoisotopic (exact) mass is 463 g/mol. The third kappa shape index (κ3) is 3.33. The SMILES string of the molecule is NC(=O)Cn1nnnc1SCC1=C(C(=O)O)N2C(=O)[C@@H]3[C@H]2[C@@H](CN3C(=O)C(F)(F)F)O1. The number of alkyl halides is 3. The molecular formula is C14H12F3N7O6S. The van der Waals surface area contributed by atoms with Gasteiger partial charge in [-0.25, -0.2) is 9.48 Å². The van der Waals surface area contributed by atoms with E-state index in [9.17, 15) is 37.5 Å². The van der Waals surface area contributed by atoms with E-state index in [1.165, 1.54) is 0 Å². The van der Waals surface area contributed by atoms with Gasteiger partial charge in [-0.2, -0.15) is 13.2 Å². The van der Waals surface area contributed by atoms with Gasteiger partial charge in [0.25, 0.3) is 5.91 Å². The molecule has 0 radical (unpaired) electrons. The van der Waals surface area contributed by atoms with E-state index >= 15 is 0 Å². The van der Waals surface area contributed by atoms with Gasteiger partial charge in [-0.1, -0.05) is 11.8 Å². The van der Waals surface area contributed by atoms with Crippen molar-refractivity contribution in [2.24, 2.45) is 5.73 Å². The predicted molar refractivity (Wildman–Crippen MR) is 89.5 cm³/mol. The minimum absolute atomic E-state index is 0.0925. The smallest absolute Gasteiger partial charge is 0.471 e. The average Bonchev–Trinajstić information content (AvgIpc) is 3.25. The molecule has 3 aliphatic heterocycles. The van der Waals surface area contributed by atoms with Gasteiger partial charge < -0.3 is 20.5 Å². The van der Waals surface area contributed by atoms with Crippen LogP contribution in [0.15, 0.2) is 16.6 Å². The lowest BCUT2D eigenvalue weighted by molar-refractivity contribution is -0.190. The van der Waals surface area contributed by atoms with E-state index in [4.69, 9.17) is 10.5 Å². The largest absolute Gasteiger partial charge is 0.487 e. The number of aromatic nitrogens is 4. The van der Waals surface area contributed by atoms with E-state index in [0.29, 0.717) is 4.90 Å². The fraction of sp³-hybridized carbons (Fsp3) is 0.500. The Kier molecular flexibility index (Phi) is 4.78. The standard InChI is InChI=1S/C14H12F3N7O6S/c15-14(16,17)12(29)22-1-4-7-9(22)10(26)24(7)8(11(27)28)5(30-4)3-31-13-19-20-21-23(13)2-6(18)25/h4,7,9H,1-3H2,(H2,18,25)(H,27,28)/t4-,7-,9+/m1/s1. The normalized spacial score (nSPS) is 24.6. The summed E-state index contributed by atoms with van der Waals surface area (Å²) < 4.78 is 45.3. The van der Waals surface area contributed by atoms with Crippen molar-refractivity contribution < 1.29 is 42.2 Å². The predicted octanol–water partition coefficient (Wildman–Crippen LogP) is -2.07. The topological polar surface area (TPSA) is 174 Å². The first-order valence-electron chi connectivity index (χ1n) is 8.52. The second kappa shape index (κ2) is 7.10. The minimum atomic E-state index is -5.19.